The number of halogens is 3. The molecule has 1 saturated heterocycles. The highest BCUT2D eigenvalue weighted by molar-refractivity contribution is 7.16. The van der Waals surface area contributed by atoms with E-state index in [4.69, 9.17) is 20.4 Å². The van der Waals surface area contributed by atoms with Crippen molar-refractivity contribution in [2.45, 2.75) is 38.0 Å². The number of piperidine rings is 1. The SMILES string of the molecule is CC(N1CCC(N=C(N)c2cc(Oc3cccc4scnc34)cc3nc4ccccc4cc23)CC1)C(F)(F)F. The van der Waals surface area contributed by atoms with Gasteiger partial charge in [-0.05, 0) is 50.1 Å². The summed E-state index contributed by atoms with van der Waals surface area (Å²) in [4.78, 5) is 15.5. The Morgan fingerprint density at radius 1 is 1.08 bits per heavy atom. The summed E-state index contributed by atoms with van der Waals surface area (Å²) in [6.45, 7) is 1.84. The molecule has 3 aromatic carbocycles. The number of hydrogen-bond acceptors (Lipinski definition) is 6. The van der Waals surface area contributed by atoms with Crippen molar-refractivity contribution in [1.82, 2.24) is 14.9 Å². The highest BCUT2D eigenvalue weighted by Crippen LogP contribution is 2.34. The van der Waals surface area contributed by atoms with Crippen LogP contribution in [0.5, 0.6) is 11.5 Å². The van der Waals surface area contributed by atoms with Gasteiger partial charge in [0.2, 0.25) is 0 Å². The van der Waals surface area contributed by atoms with Gasteiger partial charge in [-0.2, -0.15) is 13.2 Å². The number of likely N-dealkylation sites (tertiary alicyclic amines) is 1. The van der Waals surface area contributed by atoms with Gasteiger partial charge in [-0.3, -0.25) is 9.89 Å². The zero-order valence-electron chi connectivity index (χ0n) is 21.2. The lowest BCUT2D eigenvalue weighted by molar-refractivity contribution is -0.181. The summed E-state index contributed by atoms with van der Waals surface area (Å²) in [5, 5.41) is 1.80. The van der Waals surface area contributed by atoms with E-state index >= 15 is 0 Å². The number of para-hydroxylation sites is 2. The molecule has 0 aliphatic carbocycles. The zero-order valence-corrected chi connectivity index (χ0v) is 22.0. The molecule has 0 radical (unpaired) electrons. The van der Waals surface area contributed by atoms with Crippen LogP contribution in [0.25, 0.3) is 32.0 Å². The molecule has 0 spiro atoms. The predicted molar refractivity (Wildman–Crippen MR) is 150 cm³/mol. The van der Waals surface area contributed by atoms with E-state index in [0.717, 1.165) is 26.5 Å². The number of hydrogen-bond donors (Lipinski definition) is 1. The summed E-state index contributed by atoms with van der Waals surface area (Å²) in [7, 11) is 0. The Hall–Kier alpha value is -3.76. The van der Waals surface area contributed by atoms with Gasteiger partial charge < -0.3 is 10.5 Å². The third-order valence-electron chi connectivity index (χ3n) is 7.28. The molecule has 3 heterocycles. The first-order valence-corrected chi connectivity index (χ1v) is 13.6. The highest BCUT2D eigenvalue weighted by Gasteiger charge is 2.41. The van der Waals surface area contributed by atoms with Crippen molar-refractivity contribution in [2.24, 2.45) is 10.7 Å². The molecule has 39 heavy (non-hydrogen) atoms. The molecule has 1 unspecified atom stereocenters. The number of nitrogens with two attached hydrogens (primary N) is 1. The first kappa shape index (κ1) is 25.5. The molecule has 0 saturated carbocycles. The Morgan fingerprint density at radius 2 is 1.87 bits per heavy atom. The maximum atomic E-state index is 13.2. The monoisotopic (exact) mass is 549 g/mol. The van der Waals surface area contributed by atoms with Crippen LogP contribution in [-0.2, 0) is 0 Å². The second-order valence-electron chi connectivity index (χ2n) is 9.77. The quantitative estimate of drug-likeness (QED) is 0.146. The van der Waals surface area contributed by atoms with E-state index in [-0.39, 0.29) is 6.04 Å². The Morgan fingerprint density at radius 3 is 2.67 bits per heavy atom. The molecule has 1 aliphatic rings. The van der Waals surface area contributed by atoms with Crippen LogP contribution in [0.1, 0.15) is 25.3 Å². The summed E-state index contributed by atoms with van der Waals surface area (Å²) < 4.78 is 46.8. The smallest absolute Gasteiger partial charge is 0.403 e. The number of nitrogens with zero attached hydrogens (tertiary/aromatic N) is 4. The van der Waals surface area contributed by atoms with Crippen molar-refractivity contribution in [3.63, 3.8) is 0 Å². The predicted octanol–water partition coefficient (Wildman–Crippen LogP) is 6.91. The summed E-state index contributed by atoms with van der Waals surface area (Å²) in [5.74, 6) is 1.49. The average molecular weight is 550 g/mol. The highest BCUT2D eigenvalue weighted by atomic mass is 32.1. The van der Waals surface area contributed by atoms with Crippen LogP contribution >= 0.6 is 11.3 Å². The van der Waals surface area contributed by atoms with Gasteiger partial charge in [0.15, 0.2) is 5.75 Å². The molecule has 0 amide bonds. The molecule has 10 heteroatoms. The molecule has 1 aliphatic heterocycles. The number of alkyl halides is 3. The Balaban J connectivity index is 1.36. The molecule has 5 aromatic rings. The summed E-state index contributed by atoms with van der Waals surface area (Å²) in [6, 6.07) is 17.7. The van der Waals surface area contributed by atoms with Crippen LogP contribution in [0.3, 0.4) is 0 Å². The van der Waals surface area contributed by atoms with Crippen LogP contribution in [-0.4, -0.2) is 52.1 Å². The van der Waals surface area contributed by atoms with Gasteiger partial charge in [-0.15, -0.1) is 11.3 Å². The summed E-state index contributed by atoms with van der Waals surface area (Å²) in [6.07, 6.45) is -3.24. The fourth-order valence-corrected chi connectivity index (χ4v) is 5.76. The van der Waals surface area contributed by atoms with E-state index in [1.54, 1.807) is 5.51 Å². The van der Waals surface area contributed by atoms with E-state index in [2.05, 4.69) is 4.98 Å². The third-order valence-corrected chi connectivity index (χ3v) is 8.07. The van der Waals surface area contributed by atoms with Gasteiger partial charge in [0, 0.05) is 35.5 Å². The van der Waals surface area contributed by atoms with E-state index < -0.39 is 12.2 Å². The lowest BCUT2D eigenvalue weighted by Gasteiger charge is -2.35. The Bertz CT molecular complexity index is 1690. The largest absolute Gasteiger partial charge is 0.455 e. The van der Waals surface area contributed by atoms with Gasteiger partial charge >= 0.3 is 6.18 Å². The number of amidine groups is 1. The summed E-state index contributed by atoms with van der Waals surface area (Å²) >= 11 is 1.54. The molecule has 0 bridgehead atoms. The van der Waals surface area contributed by atoms with Crippen LogP contribution in [0.4, 0.5) is 13.2 Å². The number of rotatable bonds is 5. The summed E-state index contributed by atoms with van der Waals surface area (Å²) in [5.41, 5.74) is 11.4. The molecule has 1 fully saturated rings. The lowest BCUT2D eigenvalue weighted by atomic mass is 10.0. The number of fused-ring (bicyclic) bond motifs is 3. The van der Waals surface area contributed by atoms with Gasteiger partial charge in [-0.1, -0.05) is 24.3 Å². The molecular weight excluding hydrogens is 523 g/mol. The minimum absolute atomic E-state index is 0.168. The number of pyridine rings is 1. The number of aliphatic imine (C=N–C) groups is 1. The van der Waals surface area contributed by atoms with E-state index in [0.29, 0.717) is 54.3 Å². The minimum atomic E-state index is -4.24. The minimum Gasteiger partial charge on any atom is -0.455 e. The fourth-order valence-electron chi connectivity index (χ4n) is 5.07. The Kier molecular flexibility index (Phi) is 6.60. The molecule has 6 nitrogen and oxygen atoms in total. The molecular formula is C29H26F3N5OS. The zero-order chi connectivity index (χ0) is 27.1. The van der Waals surface area contributed by atoms with E-state index in [1.165, 1.54) is 23.2 Å². The maximum Gasteiger partial charge on any atom is 0.403 e. The van der Waals surface area contributed by atoms with Crippen molar-refractivity contribution in [3.05, 3.63) is 71.7 Å². The second kappa shape index (κ2) is 10.1. The van der Waals surface area contributed by atoms with E-state index in [1.807, 2.05) is 60.7 Å². The fraction of sp³-hybridized carbons (Fsp3) is 0.276. The van der Waals surface area contributed by atoms with Crippen molar-refractivity contribution in [2.75, 3.05) is 13.1 Å². The van der Waals surface area contributed by atoms with Crippen molar-refractivity contribution in [1.29, 1.82) is 0 Å². The lowest BCUT2D eigenvalue weighted by Crippen LogP contribution is -2.48. The molecule has 2 N–H and O–H groups in total. The average Bonchev–Trinajstić information content (AvgIpc) is 3.41. The molecule has 2 aromatic heterocycles. The van der Waals surface area contributed by atoms with Crippen molar-refractivity contribution < 1.29 is 17.9 Å². The third kappa shape index (κ3) is 5.14. The first-order chi connectivity index (χ1) is 18.8. The van der Waals surface area contributed by atoms with Gasteiger partial charge in [0.1, 0.15) is 23.1 Å². The topological polar surface area (TPSA) is 76.6 Å². The van der Waals surface area contributed by atoms with Crippen molar-refractivity contribution in [3.8, 4) is 11.5 Å². The van der Waals surface area contributed by atoms with Crippen LogP contribution in [0, 0.1) is 0 Å². The normalized spacial score (nSPS) is 16.8. The van der Waals surface area contributed by atoms with Crippen LogP contribution in [0.2, 0.25) is 0 Å². The van der Waals surface area contributed by atoms with Gasteiger partial charge in [0.25, 0.3) is 0 Å². The first-order valence-electron chi connectivity index (χ1n) is 12.7. The van der Waals surface area contributed by atoms with Crippen molar-refractivity contribution >= 4 is 49.2 Å². The molecule has 1 atom stereocenters. The van der Waals surface area contributed by atoms with Gasteiger partial charge in [-0.25, -0.2) is 9.97 Å². The molecule has 6 rings (SSSR count). The number of benzene rings is 3. The second-order valence-corrected chi connectivity index (χ2v) is 10.7. The van der Waals surface area contributed by atoms with Crippen LogP contribution in [0.15, 0.2) is 71.2 Å². The number of thiazole rings is 1. The standard InChI is InChI=1S/C29H26F3N5OS/c1-17(29(30,31)32)37-11-9-19(10-12-37)35-28(33)22-14-20(38-25-7-4-8-26-27(25)34-16-39-26)15-24-21(22)13-18-5-2-3-6-23(18)36-24/h2-8,13-17,19H,9-12H2,1H3,(H2,33,35). The van der Waals surface area contributed by atoms with Gasteiger partial charge in [0.05, 0.1) is 27.3 Å². The number of ether oxygens (including phenoxy) is 1. The maximum absolute atomic E-state index is 13.2. The number of aromatic nitrogens is 2. The Labute approximate surface area is 226 Å². The van der Waals surface area contributed by atoms with Crippen LogP contribution < -0.4 is 10.5 Å². The van der Waals surface area contributed by atoms with E-state index in [9.17, 15) is 13.2 Å². The molecule has 200 valence electrons.